The minimum absolute atomic E-state index is 0.0680. The molecule has 122 valence electrons. The Bertz CT molecular complexity index is 668. The molecule has 7 nitrogen and oxygen atoms in total. The second kappa shape index (κ2) is 6.60. The van der Waals surface area contributed by atoms with Crippen molar-refractivity contribution in [2.45, 2.75) is 19.5 Å². The van der Waals surface area contributed by atoms with Gasteiger partial charge in [-0.2, -0.15) is 5.10 Å². The van der Waals surface area contributed by atoms with E-state index in [1.165, 1.54) is 7.11 Å². The van der Waals surface area contributed by atoms with Gasteiger partial charge in [0.1, 0.15) is 13.2 Å². The number of nitrogens with zero attached hydrogens (tertiary/aromatic N) is 2. The fourth-order valence-corrected chi connectivity index (χ4v) is 2.45. The van der Waals surface area contributed by atoms with Crippen molar-refractivity contribution in [3.8, 4) is 17.2 Å². The lowest BCUT2D eigenvalue weighted by atomic mass is 10.1. The van der Waals surface area contributed by atoms with E-state index in [0.717, 1.165) is 0 Å². The molecule has 1 aromatic heterocycles. The summed E-state index contributed by atoms with van der Waals surface area (Å²) in [6, 6.07) is 5.11. The van der Waals surface area contributed by atoms with E-state index >= 15 is 0 Å². The molecule has 0 radical (unpaired) electrons. The summed E-state index contributed by atoms with van der Waals surface area (Å²) in [6.07, 6.45) is 3.57. The largest absolute Gasteiger partial charge is 0.493 e. The molecule has 0 aliphatic carbocycles. The lowest BCUT2D eigenvalue weighted by molar-refractivity contribution is 0.0934. The predicted molar refractivity (Wildman–Crippen MR) is 83.1 cm³/mol. The first-order valence-corrected chi connectivity index (χ1v) is 7.43. The lowest BCUT2D eigenvalue weighted by Gasteiger charge is -2.21. The standard InChI is InChI=1S/C16H19N3O4/c1-11(10-19-5-3-4-17-19)18-16(20)12-8-13(21-2)15-14(9-12)22-6-7-23-15/h3-5,8-9,11H,6-7,10H2,1-2H3,(H,18,20)/t11-/m1/s1. The quantitative estimate of drug-likeness (QED) is 0.904. The molecule has 0 bridgehead atoms. The molecule has 0 unspecified atom stereocenters. The molecule has 0 saturated heterocycles. The number of methoxy groups -OCH3 is 1. The predicted octanol–water partition coefficient (Wildman–Crippen LogP) is 1.48. The van der Waals surface area contributed by atoms with Gasteiger partial charge >= 0.3 is 0 Å². The number of aromatic nitrogens is 2. The van der Waals surface area contributed by atoms with Crippen molar-refractivity contribution in [1.29, 1.82) is 0 Å². The van der Waals surface area contributed by atoms with Crippen molar-refractivity contribution in [2.75, 3.05) is 20.3 Å². The van der Waals surface area contributed by atoms with Crippen molar-refractivity contribution < 1.29 is 19.0 Å². The van der Waals surface area contributed by atoms with Gasteiger partial charge in [0.05, 0.1) is 13.7 Å². The van der Waals surface area contributed by atoms with E-state index in [0.29, 0.717) is 42.6 Å². The van der Waals surface area contributed by atoms with E-state index in [1.807, 2.05) is 19.2 Å². The molecule has 7 heteroatoms. The summed E-state index contributed by atoms with van der Waals surface area (Å²) in [5.74, 6) is 1.37. The Morgan fingerprint density at radius 3 is 3.00 bits per heavy atom. The summed E-state index contributed by atoms with van der Waals surface area (Å²) >= 11 is 0. The van der Waals surface area contributed by atoms with Crippen molar-refractivity contribution in [3.05, 3.63) is 36.2 Å². The first kappa shape index (κ1) is 15.2. The molecule has 1 N–H and O–H groups in total. The van der Waals surface area contributed by atoms with Crippen LogP contribution in [0.1, 0.15) is 17.3 Å². The Balaban J connectivity index is 1.74. The molecular weight excluding hydrogens is 298 g/mol. The molecule has 0 fully saturated rings. The Kier molecular flexibility index (Phi) is 4.36. The van der Waals surface area contributed by atoms with Crippen LogP contribution < -0.4 is 19.5 Å². The molecular formula is C16H19N3O4. The molecule has 23 heavy (non-hydrogen) atoms. The number of amides is 1. The molecule has 0 saturated carbocycles. The number of carbonyl (C=O) groups is 1. The number of fused-ring (bicyclic) bond motifs is 1. The van der Waals surface area contributed by atoms with Crippen molar-refractivity contribution in [2.24, 2.45) is 0 Å². The zero-order chi connectivity index (χ0) is 16.2. The number of rotatable bonds is 5. The minimum Gasteiger partial charge on any atom is -0.493 e. The second-order valence-corrected chi connectivity index (χ2v) is 5.31. The maximum Gasteiger partial charge on any atom is 0.251 e. The summed E-state index contributed by atoms with van der Waals surface area (Å²) in [5, 5.41) is 7.07. The Morgan fingerprint density at radius 2 is 2.26 bits per heavy atom. The first-order valence-electron chi connectivity index (χ1n) is 7.43. The maximum absolute atomic E-state index is 12.4. The summed E-state index contributed by atoms with van der Waals surface area (Å²) in [6.45, 7) is 3.45. The number of hydrogen-bond donors (Lipinski definition) is 1. The molecule has 1 atom stereocenters. The summed E-state index contributed by atoms with van der Waals surface area (Å²) < 4.78 is 18.2. The number of nitrogens with one attached hydrogen (secondary N) is 1. The van der Waals surface area contributed by atoms with Gasteiger partial charge < -0.3 is 19.5 Å². The van der Waals surface area contributed by atoms with Crippen molar-refractivity contribution in [1.82, 2.24) is 15.1 Å². The zero-order valence-electron chi connectivity index (χ0n) is 13.1. The third kappa shape index (κ3) is 3.39. The molecule has 1 aliphatic rings. The van der Waals surface area contributed by atoms with Crippen LogP contribution in [0.15, 0.2) is 30.6 Å². The minimum atomic E-state index is -0.195. The highest BCUT2D eigenvalue weighted by Gasteiger charge is 2.21. The smallest absolute Gasteiger partial charge is 0.251 e. The van der Waals surface area contributed by atoms with Crippen LogP contribution in [0, 0.1) is 0 Å². The second-order valence-electron chi connectivity index (χ2n) is 5.31. The van der Waals surface area contributed by atoms with E-state index < -0.39 is 0 Å². The van der Waals surface area contributed by atoms with Gasteiger partial charge in [-0.3, -0.25) is 9.48 Å². The van der Waals surface area contributed by atoms with Gasteiger partial charge in [0.25, 0.3) is 5.91 Å². The molecule has 2 heterocycles. The number of carbonyl (C=O) groups excluding carboxylic acids is 1. The van der Waals surface area contributed by atoms with Crippen LogP contribution in [0.4, 0.5) is 0 Å². The van der Waals surface area contributed by atoms with Gasteiger partial charge in [0.15, 0.2) is 11.5 Å². The van der Waals surface area contributed by atoms with E-state index in [1.54, 1.807) is 23.0 Å². The van der Waals surface area contributed by atoms with Gasteiger partial charge in [-0.25, -0.2) is 0 Å². The van der Waals surface area contributed by atoms with Gasteiger partial charge in [0, 0.05) is 24.0 Å². The van der Waals surface area contributed by atoms with Crippen LogP contribution in [-0.2, 0) is 6.54 Å². The number of ether oxygens (including phenoxy) is 3. The highest BCUT2D eigenvalue weighted by Crippen LogP contribution is 2.40. The fraction of sp³-hybridized carbons (Fsp3) is 0.375. The Hall–Kier alpha value is -2.70. The van der Waals surface area contributed by atoms with Crippen LogP contribution in [0.25, 0.3) is 0 Å². The monoisotopic (exact) mass is 317 g/mol. The SMILES string of the molecule is COc1cc(C(=O)N[C@H](C)Cn2cccn2)cc2c1OCCO2. The van der Waals surface area contributed by atoms with Crippen molar-refractivity contribution in [3.63, 3.8) is 0 Å². The molecule has 2 aromatic rings. The van der Waals surface area contributed by atoms with Crippen LogP contribution in [0.5, 0.6) is 17.2 Å². The summed E-state index contributed by atoms with van der Waals surface area (Å²) in [7, 11) is 1.54. The van der Waals surface area contributed by atoms with E-state index in [-0.39, 0.29) is 11.9 Å². The lowest BCUT2D eigenvalue weighted by Crippen LogP contribution is -2.35. The van der Waals surface area contributed by atoms with Gasteiger partial charge in [-0.1, -0.05) is 0 Å². The zero-order valence-corrected chi connectivity index (χ0v) is 13.1. The molecule has 1 amide bonds. The molecule has 1 aliphatic heterocycles. The van der Waals surface area contributed by atoms with Crippen LogP contribution in [0.3, 0.4) is 0 Å². The average molecular weight is 317 g/mol. The normalized spacial score (nSPS) is 14.2. The average Bonchev–Trinajstić information content (AvgIpc) is 3.06. The molecule has 1 aromatic carbocycles. The van der Waals surface area contributed by atoms with Gasteiger partial charge in [-0.05, 0) is 25.1 Å². The molecule has 3 rings (SSSR count). The summed E-state index contributed by atoms with van der Waals surface area (Å²) in [4.78, 5) is 12.4. The molecule has 0 spiro atoms. The van der Waals surface area contributed by atoms with Crippen LogP contribution >= 0.6 is 0 Å². The van der Waals surface area contributed by atoms with Crippen molar-refractivity contribution >= 4 is 5.91 Å². The topological polar surface area (TPSA) is 74.6 Å². The highest BCUT2D eigenvalue weighted by atomic mass is 16.6. The third-order valence-electron chi connectivity index (χ3n) is 3.49. The third-order valence-corrected chi connectivity index (χ3v) is 3.49. The Labute approximate surface area is 134 Å². The van der Waals surface area contributed by atoms with E-state index in [4.69, 9.17) is 14.2 Å². The number of hydrogen-bond acceptors (Lipinski definition) is 5. The fourth-order valence-electron chi connectivity index (χ4n) is 2.45. The van der Waals surface area contributed by atoms with E-state index in [2.05, 4.69) is 10.4 Å². The van der Waals surface area contributed by atoms with Gasteiger partial charge in [0.2, 0.25) is 5.75 Å². The Morgan fingerprint density at radius 1 is 1.43 bits per heavy atom. The van der Waals surface area contributed by atoms with E-state index in [9.17, 15) is 4.79 Å². The van der Waals surface area contributed by atoms with Crippen LogP contribution in [-0.4, -0.2) is 42.1 Å². The summed E-state index contributed by atoms with van der Waals surface area (Å²) in [5.41, 5.74) is 0.471. The highest BCUT2D eigenvalue weighted by molar-refractivity contribution is 5.95. The first-order chi connectivity index (χ1) is 11.2. The number of benzene rings is 1. The van der Waals surface area contributed by atoms with Gasteiger partial charge in [-0.15, -0.1) is 0 Å². The maximum atomic E-state index is 12.4. The van der Waals surface area contributed by atoms with Crippen LogP contribution in [0.2, 0.25) is 0 Å².